The Bertz CT molecular complexity index is 622. The molecule has 2 heteroatoms. The van der Waals surface area contributed by atoms with Crippen LogP contribution in [0, 0.1) is 5.92 Å². The number of phenolic OH excluding ortho intramolecular Hbond substituents is 1. The summed E-state index contributed by atoms with van der Waals surface area (Å²) >= 11 is 0. The number of hydrogen-bond donors (Lipinski definition) is 1. The summed E-state index contributed by atoms with van der Waals surface area (Å²) in [7, 11) is 0. The van der Waals surface area contributed by atoms with Crippen LogP contribution in [0.25, 0.3) is 0 Å². The van der Waals surface area contributed by atoms with Gasteiger partial charge in [0, 0.05) is 13.1 Å². The smallest absolute Gasteiger partial charge is 0.115 e. The molecular formula is C21H27NO. The molecule has 2 aromatic carbocycles. The Morgan fingerprint density at radius 3 is 2.43 bits per heavy atom. The van der Waals surface area contributed by atoms with E-state index in [1.807, 2.05) is 12.1 Å². The maximum atomic E-state index is 9.36. The van der Waals surface area contributed by atoms with Crippen LogP contribution in [0.1, 0.15) is 31.4 Å². The number of rotatable bonds is 4. The normalized spacial score (nSPS) is 25.4. The summed E-state index contributed by atoms with van der Waals surface area (Å²) in [6.07, 6.45) is 2.27. The highest BCUT2D eigenvalue weighted by atomic mass is 16.3. The number of phenols is 1. The van der Waals surface area contributed by atoms with E-state index in [1.165, 1.54) is 17.5 Å². The van der Waals surface area contributed by atoms with Gasteiger partial charge in [0.25, 0.3) is 0 Å². The number of benzene rings is 2. The number of piperidine rings is 1. The van der Waals surface area contributed by atoms with Crippen molar-refractivity contribution in [2.24, 2.45) is 5.92 Å². The lowest BCUT2D eigenvalue weighted by atomic mass is 9.68. The fraction of sp³-hybridized carbons (Fsp3) is 0.429. The minimum atomic E-state index is 0.288. The molecule has 1 fully saturated rings. The van der Waals surface area contributed by atoms with Crippen LogP contribution in [0.5, 0.6) is 5.75 Å². The van der Waals surface area contributed by atoms with Crippen LogP contribution in [-0.2, 0) is 11.8 Å². The highest BCUT2D eigenvalue weighted by Crippen LogP contribution is 2.39. The summed E-state index contributed by atoms with van der Waals surface area (Å²) in [6.45, 7) is 8.22. The number of nitrogens with zero attached hydrogens (tertiary/aromatic N) is 1. The van der Waals surface area contributed by atoms with Crippen molar-refractivity contribution in [3.8, 4) is 5.75 Å². The van der Waals surface area contributed by atoms with Crippen LogP contribution in [0.4, 0.5) is 0 Å². The van der Waals surface area contributed by atoms with Crippen molar-refractivity contribution < 1.29 is 5.11 Å². The van der Waals surface area contributed by atoms with E-state index in [4.69, 9.17) is 0 Å². The summed E-state index contributed by atoms with van der Waals surface area (Å²) in [5.41, 5.74) is 3.06. The Morgan fingerprint density at radius 1 is 1.09 bits per heavy atom. The molecule has 23 heavy (non-hydrogen) atoms. The molecule has 0 bridgehead atoms. The van der Waals surface area contributed by atoms with Gasteiger partial charge in [-0.3, -0.25) is 0 Å². The van der Waals surface area contributed by atoms with E-state index in [9.17, 15) is 5.11 Å². The van der Waals surface area contributed by atoms with Gasteiger partial charge in [-0.05, 0) is 54.0 Å². The molecule has 1 aliphatic rings. The van der Waals surface area contributed by atoms with E-state index < -0.39 is 0 Å². The van der Waals surface area contributed by atoms with E-state index in [2.05, 4.69) is 49.1 Å². The Labute approximate surface area is 139 Å². The number of aromatic hydroxyl groups is 1. The minimum Gasteiger partial charge on any atom is -0.508 e. The molecule has 0 aromatic heterocycles. The molecule has 122 valence electrons. The summed E-state index contributed by atoms with van der Waals surface area (Å²) < 4.78 is 0. The number of hydrogen-bond acceptors (Lipinski definition) is 2. The molecule has 0 amide bonds. The van der Waals surface area contributed by atoms with Crippen molar-refractivity contribution in [2.45, 2.75) is 32.1 Å². The monoisotopic (exact) mass is 309 g/mol. The van der Waals surface area contributed by atoms with Gasteiger partial charge in [0.2, 0.25) is 0 Å². The van der Waals surface area contributed by atoms with Crippen molar-refractivity contribution in [3.63, 3.8) is 0 Å². The number of likely N-dealkylation sites (tertiary alicyclic amines) is 1. The third kappa shape index (κ3) is 3.59. The SMILES string of the molecule is CC1CN(CCc2ccc(O)cc2)CCC1(C)c1ccccc1. The molecule has 1 saturated heterocycles. The van der Waals surface area contributed by atoms with Crippen LogP contribution in [0.2, 0.25) is 0 Å². The topological polar surface area (TPSA) is 23.5 Å². The zero-order valence-electron chi connectivity index (χ0n) is 14.2. The van der Waals surface area contributed by atoms with Crippen molar-refractivity contribution >= 4 is 0 Å². The van der Waals surface area contributed by atoms with Crippen LogP contribution in [-0.4, -0.2) is 29.6 Å². The lowest BCUT2D eigenvalue weighted by Crippen LogP contribution is -2.47. The molecule has 2 nitrogen and oxygen atoms in total. The third-order valence-corrected chi connectivity index (χ3v) is 5.65. The molecular weight excluding hydrogens is 282 g/mol. The van der Waals surface area contributed by atoms with Crippen LogP contribution in [0.15, 0.2) is 54.6 Å². The molecule has 3 rings (SSSR count). The maximum absolute atomic E-state index is 9.36. The first-order valence-corrected chi connectivity index (χ1v) is 8.64. The summed E-state index contributed by atoms with van der Waals surface area (Å²) in [5.74, 6) is 0.998. The van der Waals surface area contributed by atoms with E-state index >= 15 is 0 Å². The van der Waals surface area contributed by atoms with Gasteiger partial charge in [0.05, 0.1) is 0 Å². The van der Waals surface area contributed by atoms with Crippen molar-refractivity contribution in [3.05, 3.63) is 65.7 Å². The molecule has 0 aliphatic carbocycles. The molecule has 2 unspecified atom stereocenters. The Morgan fingerprint density at radius 2 is 1.78 bits per heavy atom. The largest absolute Gasteiger partial charge is 0.508 e. The summed E-state index contributed by atoms with van der Waals surface area (Å²) in [6, 6.07) is 18.6. The molecule has 1 heterocycles. The third-order valence-electron chi connectivity index (χ3n) is 5.65. The highest BCUT2D eigenvalue weighted by Gasteiger charge is 2.37. The zero-order valence-corrected chi connectivity index (χ0v) is 14.2. The van der Waals surface area contributed by atoms with Crippen LogP contribution < -0.4 is 0 Å². The van der Waals surface area contributed by atoms with E-state index in [0.717, 1.165) is 26.1 Å². The first-order chi connectivity index (χ1) is 11.1. The first-order valence-electron chi connectivity index (χ1n) is 8.64. The molecule has 1 N–H and O–H groups in total. The van der Waals surface area contributed by atoms with Crippen molar-refractivity contribution in [2.75, 3.05) is 19.6 Å². The fourth-order valence-electron chi connectivity index (χ4n) is 3.72. The van der Waals surface area contributed by atoms with E-state index in [0.29, 0.717) is 11.7 Å². The predicted molar refractivity (Wildman–Crippen MR) is 95.8 cm³/mol. The van der Waals surface area contributed by atoms with Gasteiger partial charge in [0.1, 0.15) is 5.75 Å². The second-order valence-electron chi connectivity index (χ2n) is 7.15. The highest BCUT2D eigenvalue weighted by molar-refractivity contribution is 5.27. The van der Waals surface area contributed by atoms with E-state index in [1.54, 1.807) is 12.1 Å². The first kappa shape index (κ1) is 16.1. The molecule has 2 aromatic rings. The van der Waals surface area contributed by atoms with Crippen molar-refractivity contribution in [1.82, 2.24) is 4.90 Å². The minimum absolute atomic E-state index is 0.288. The average Bonchev–Trinajstić information content (AvgIpc) is 2.58. The second kappa shape index (κ2) is 6.76. The van der Waals surface area contributed by atoms with Crippen molar-refractivity contribution in [1.29, 1.82) is 0 Å². The molecule has 0 spiro atoms. The van der Waals surface area contributed by atoms with Gasteiger partial charge in [-0.15, -0.1) is 0 Å². The summed E-state index contributed by atoms with van der Waals surface area (Å²) in [5, 5.41) is 9.36. The van der Waals surface area contributed by atoms with Gasteiger partial charge in [-0.2, -0.15) is 0 Å². The second-order valence-corrected chi connectivity index (χ2v) is 7.15. The van der Waals surface area contributed by atoms with Crippen LogP contribution >= 0.6 is 0 Å². The van der Waals surface area contributed by atoms with Gasteiger partial charge in [0.15, 0.2) is 0 Å². The standard InChI is InChI=1S/C21H27NO/c1-17-16-22(14-12-18-8-10-20(23)11-9-18)15-13-21(17,2)19-6-4-3-5-7-19/h3-11,17,23H,12-16H2,1-2H3. The maximum Gasteiger partial charge on any atom is 0.115 e. The Balaban J connectivity index is 1.59. The predicted octanol–water partition coefficient (Wildman–Crippen LogP) is 4.23. The molecule has 2 atom stereocenters. The lowest BCUT2D eigenvalue weighted by Gasteiger charge is -2.45. The van der Waals surface area contributed by atoms with Gasteiger partial charge < -0.3 is 10.0 Å². The van der Waals surface area contributed by atoms with E-state index in [-0.39, 0.29) is 5.41 Å². The van der Waals surface area contributed by atoms with Gasteiger partial charge in [-0.1, -0.05) is 56.3 Å². The lowest BCUT2D eigenvalue weighted by molar-refractivity contribution is 0.112. The summed E-state index contributed by atoms with van der Waals surface area (Å²) in [4.78, 5) is 2.59. The molecule has 1 aliphatic heterocycles. The molecule has 0 radical (unpaired) electrons. The average molecular weight is 309 g/mol. The zero-order chi connectivity index (χ0) is 16.3. The fourth-order valence-corrected chi connectivity index (χ4v) is 3.72. The van der Waals surface area contributed by atoms with Crippen LogP contribution in [0.3, 0.4) is 0 Å². The quantitative estimate of drug-likeness (QED) is 0.913. The molecule has 0 saturated carbocycles. The van der Waals surface area contributed by atoms with Gasteiger partial charge >= 0.3 is 0 Å². The van der Waals surface area contributed by atoms with Gasteiger partial charge in [-0.25, -0.2) is 0 Å². The Hall–Kier alpha value is -1.80. The Kier molecular flexibility index (Phi) is 4.72.